The maximum Gasteiger partial charge on any atom is 0.303 e. The average molecular weight is 382 g/mol. The van der Waals surface area contributed by atoms with Gasteiger partial charge >= 0.3 is 5.97 Å². The standard InChI is InChI=1S/C16H18N2O5S2/c19-14(7-4-8-15(20)21)17-16-18(11-5-2-1-3-6-11)12-9-25(22,23)10-13(12)24-16/h1-3,5-6,12-13H,4,7-10H2,(H,20,21)/t12-,13+/m0/s1. The maximum absolute atomic E-state index is 12.1. The summed E-state index contributed by atoms with van der Waals surface area (Å²) in [6.07, 6.45) is 0.227. The number of hydrogen-bond acceptors (Lipinski definition) is 5. The third-order valence-electron chi connectivity index (χ3n) is 4.10. The number of hydrogen-bond donors (Lipinski definition) is 1. The molecule has 2 aliphatic heterocycles. The highest BCUT2D eigenvalue weighted by atomic mass is 32.2. The van der Waals surface area contributed by atoms with Crippen molar-refractivity contribution in [1.82, 2.24) is 0 Å². The van der Waals surface area contributed by atoms with E-state index in [0.717, 1.165) is 5.69 Å². The second kappa shape index (κ2) is 7.17. The molecule has 0 aliphatic carbocycles. The van der Waals surface area contributed by atoms with Crippen molar-refractivity contribution in [2.45, 2.75) is 30.6 Å². The van der Waals surface area contributed by atoms with E-state index in [1.807, 2.05) is 35.2 Å². The minimum absolute atomic E-state index is 0.0474. The van der Waals surface area contributed by atoms with Crippen molar-refractivity contribution in [3.8, 4) is 0 Å². The number of carboxylic acids is 1. The van der Waals surface area contributed by atoms with Gasteiger partial charge in [-0.1, -0.05) is 30.0 Å². The van der Waals surface area contributed by atoms with E-state index in [0.29, 0.717) is 5.17 Å². The summed E-state index contributed by atoms with van der Waals surface area (Å²) in [5, 5.41) is 9.00. The van der Waals surface area contributed by atoms with Gasteiger partial charge in [-0.2, -0.15) is 4.99 Å². The Morgan fingerprint density at radius 1 is 1.20 bits per heavy atom. The molecule has 0 unspecified atom stereocenters. The number of rotatable bonds is 5. The minimum atomic E-state index is -3.09. The average Bonchev–Trinajstić information content (AvgIpc) is 2.98. The highest BCUT2D eigenvalue weighted by Crippen LogP contribution is 2.40. The van der Waals surface area contributed by atoms with E-state index < -0.39 is 15.8 Å². The molecule has 1 amide bonds. The molecule has 2 aliphatic rings. The third kappa shape index (κ3) is 4.21. The van der Waals surface area contributed by atoms with Crippen LogP contribution < -0.4 is 4.90 Å². The molecule has 2 heterocycles. The fourth-order valence-corrected chi connectivity index (χ4v) is 6.94. The van der Waals surface area contributed by atoms with Gasteiger partial charge in [0.15, 0.2) is 15.0 Å². The largest absolute Gasteiger partial charge is 0.481 e. The molecule has 2 fully saturated rings. The Hall–Kier alpha value is -1.87. The molecule has 0 aromatic heterocycles. The zero-order valence-electron chi connectivity index (χ0n) is 13.4. The number of aliphatic carboxylic acids is 1. The summed E-state index contributed by atoms with van der Waals surface area (Å²) < 4.78 is 23.9. The number of benzene rings is 1. The summed E-state index contributed by atoms with van der Waals surface area (Å²) in [6, 6.07) is 9.05. The SMILES string of the molecule is O=C(O)CCCC(=O)N=C1S[C@@H]2CS(=O)(=O)C[C@@H]2N1c1ccccc1. The van der Waals surface area contributed by atoms with Gasteiger partial charge in [-0.05, 0) is 18.6 Å². The molecule has 2 saturated heterocycles. The third-order valence-corrected chi connectivity index (χ3v) is 7.31. The number of para-hydroxylation sites is 1. The van der Waals surface area contributed by atoms with Crippen molar-refractivity contribution in [2.24, 2.45) is 4.99 Å². The van der Waals surface area contributed by atoms with Gasteiger partial charge in [0.1, 0.15) is 0 Å². The van der Waals surface area contributed by atoms with Crippen LogP contribution in [0, 0.1) is 0 Å². The number of sulfone groups is 1. The Morgan fingerprint density at radius 3 is 2.60 bits per heavy atom. The van der Waals surface area contributed by atoms with Crippen LogP contribution in [0.15, 0.2) is 35.3 Å². The van der Waals surface area contributed by atoms with Crippen LogP contribution in [-0.4, -0.2) is 53.4 Å². The molecular weight excluding hydrogens is 364 g/mol. The number of anilines is 1. The van der Waals surface area contributed by atoms with Crippen LogP contribution in [0.2, 0.25) is 0 Å². The highest BCUT2D eigenvalue weighted by molar-refractivity contribution is 8.16. The van der Waals surface area contributed by atoms with E-state index in [1.54, 1.807) is 0 Å². The summed E-state index contributed by atoms with van der Waals surface area (Å²) in [6.45, 7) is 0. The summed E-state index contributed by atoms with van der Waals surface area (Å²) in [5.74, 6) is -1.20. The quantitative estimate of drug-likeness (QED) is 0.824. The zero-order valence-corrected chi connectivity index (χ0v) is 15.0. The molecule has 0 bridgehead atoms. The molecule has 134 valence electrons. The summed E-state index contributed by atoms with van der Waals surface area (Å²) in [5.41, 5.74) is 0.802. The maximum atomic E-state index is 12.1. The highest BCUT2D eigenvalue weighted by Gasteiger charge is 2.49. The van der Waals surface area contributed by atoms with Crippen molar-refractivity contribution < 1.29 is 23.1 Å². The first kappa shape index (κ1) is 17.9. The van der Waals surface area contributed by atoms with Gasteiger partial charge in [0.25, 0.3) is 0 Å². The molecule has 2 atom stereocenters. The number of carboxylic acid groups (broad SMARTS) is 1. The number of amidine groups is 1. The molecule has 0 radical (unpaired) electrons. The number of thioether (sulfide) groups is 1. The van der Waals surface area contributed by atoms with E-state index in [1.165, 1.54) is 11.8 Å². The first-order valence-electron chi connectivity index (χ1n) is 7.90. The molecular formula is C16H18N2O5S2. The van der Waals surface area contributed by atoms with Crippen LogP contribution >= 0.6 is 11.8 Å². The Labute approximate surface area is 150 Å². The van der Waals surface area contributed by atoms with E-state index in [-0.39, 0.29) is 48.0 Å². The van der Waals surface area contributed by atoms with E-state index >= 15 is 0 Å². The van der Waals surface area contributed by atoms with Gasteiger partial charge in [-0.3, -0.25) is 9.59 Å². The molecule has 0 saturated carbocycles. The summed E-state index contributed by atoms with van der Waals surface area (Å²) in [4.78, 5) is 28.6. The molecule has 0 spiro atoms. The van der Waals surface area contributed by atoms with Crippen molar-refractivity contribution in [3.63, 3.8) is 0 Å². The molecule has 9 heteroatoms. The Bertz CT molecular complexity index is 807. The topological polar surface area (TPSA) is 104 Å². The van der Waals surface area contributed by atoms with Crippen LogP contribution in [0.25, 0.3) is 0 Å². The smallest absolute Gasteiger partial charge is 0.303 e. The molecule has 25 heavy (non-hydrogen) atoms. The van der Waals surface area contributed by atoms with Crippen LogP contribution in [0.1, 0.15) is 19.3 Å². The van der Waals surface area contributed by atoms with Crippen molar-refractivity contribution in [3.05, 3.63) is 30.3 Å². The van der Waals surface area contributed by atoms with E-state index in [4.69, 9.17) is 5.11 Å². The van der Waals surface area contributed by atoms with Gasteiger partial charge in [-0.15, -0.1) is 0 Å². The lowest BCUT2D eigenvalue weighted by molar-refractivity contribution is -0.137. The van der Waals surface area contributed by atoms with Crippen molar-refractivity contribution >= 4 is 44.3 Å². The number of carbonyl (C=O) groups excluding carboxylic acids is 1. The monoisotopic (exact) mass is 382 g/mol. The first-order valence-corrected chi connectivity index (χ1v) is 10.6. The Morgan fingerprint density at radius 2 is 1.92 bits per heavy atom. The molecule has 1 aromatic rings. The number of aliphatic imine (C=N–C) groups is 1. The van der Waals surface area contributed by atoms with Gasteiger partial charge in [-0.25, -0.2) is 8.42 Å². The van der Waals surface area contributed by atoms with Crippen molar-refractivity contribution in [2.75, 3.05) is 16.4 Å². The molecule has 1 N–H and O–H groups in total. The van der Waals surface area contributed by atoms with E-state index in [9.17, 15) is 18.0 Å². The second-order valence-corrected chi connectivity index (χ2v) is 9.40. The van der Waals surface area contributed by atoms with Gasteiger partial charge in [0.2, 0.25) is 5.91 Å². The lowest BCUT2D eigenvalue weighted by atomic mass is 10.2. The number of nitrogens with zero attached hydrogens (tertiary/aromatic N) is 2. The van der Waals surface area contributed by atoms with E-state index in [2.05, 4.69) is 4.99 Å². The molecule has 1 aromatic carbocycles. The van der Waals surface area contributed by atoms with Crippen molar-refractivity contribution in [1.29, 1.82) is 0 Å². The lowest BCUT2D eigenvalue weighted by Crippen LogP contribution is -2.37. The fourth-order valence-electron chi connectivity index (χ4n) is 3.01. The fraction of sp³-hybridized carbons (Fsp3) is 0.438. The Balaban J connectivity index is 1.82. The Kier molecular flexibility index (Phi) is 5.14. The van der Waals surface area contributed by atoms with Gasteiger partial charge in [0, 0.05) is 23.8 Å². The van der Waals surface area contributed by atoms with Crippen LogP contribution in [-0.2, 0) is 19.4 Å². The minimum Gasteiger partial charge on any atom is -0.481 e. The summed E-state index contributed by atoms with van der Waals surface area (Å²) in [7, 11) is -3.09. The molecule has 7 nitrogen and oxygen atoms in total. The first-order chi connectivity index (χ1) is 11.9. The summed E-state index contributed by atoms with van der Waals surface area (Å²) >= 11 is 1.31. The zero-order chi connectivity index (χ0) is 18.0. The van der Waals surface area contributed by atoms with Crippen LogP contribution in [0.3, 0.4) is 0 Å². The van der Waals surface area contributed by atoms with Crippen LogP contribution in [0.4, 0.5) is 5.69 Å². The predicted molar refractivity (Wildman–Crippen MR) is 96.7 cm³/mol. The predicted octanol–water partition coefficient (Wildman–Crippen LogP) is 1.54. The van der Waals surface area contributed by atoms with Crippen LogP contribution in [0.5, 0.6) is 0 Å². The second-order valence-electron chi connectivity index (χ2n) is 6.04. The van der Waals surface area contributed by atoms with Gasteiger partial charge in [0.05, 0.1) is 17.5 Å². The number of fused-ring (bicyclic) bond motifs is 1. The number of carbonyl (C=O) groups is 2. The van der Waals surface area contributed by atoms with Gasteiger partial charge < -0.3 is 10.0 Å². The lowest BCUT2D eigenvalue weighted by Gasteiger charge is -2.24. The number of amides is 1. The normalized spacial score (nSPS) is 25.9. The molecule has 3 rings (SSSR count).